The summed E-state index contributed by atoms with van der Waals surface area (Å²) in [7, 11) is 1.90. The van der Waals surface area contributed by atoms with Gasteiger partial charge in [0.1, 0.15) is 5.75 Å². The SMILES string of the molecule is CNCc1cccc(Cl)c1OCCCCC(C)(C)C#N. The van der Waals surface area contributed by atoms with Crippen molar-refractivity contribution in [1.29, 1.82) is 5.26 Å². The predicted octanol–water partition coefficient (Wildman–Crippen LogP) is 4.16. The topological polar surface area (TPSA) is 45.0 Å². The third-order valence-corrected chi connectivity index (χ3v) is 3.46. The lowest BCUT2D eigenvalue weighted by Gasteiger charge is -2.16. The molecule has 1 aromatic rings. The van der Waals surface area contributed by atoms with Crippen LogP contribution in [0.5, 0.6) is 5.75 Å². The molecule has 0 radical (unpaired) electrons. The van der Waals surface area contributed by atoms with Gasteiger partial charge in [-0.3, -0.25) is 0 Å². The standard InChI is InChI=1S/C16H23ClN2O/c1-16(2,12-18)9-4-5-10-20-15-13(11-19-3)7-6-8-14(15)17/h6-8,19H,4-5,9-11H2,1-3H3. The van der Waals surface area contributed by atoms with E-state index in [1.165, 1.54) is 0 Å². The summed E-state index contributed by atoms with van der Waals surface area (Å²) >= 11 is 6.18. The van der Waals surface area contributed by atoms with E-state index in [9.17, 15) is 0 Å². The maximum Gasteiger partial charge on any atom is 0.142 e. The van der Waals surface area contributed by atoms with Gasteiger partial charge in [-0.2, -0.15) is 5.26 Å². The number of ether oxygens (including phenoxy) is 1. The Labute approximate surface area is 126 Å². The Hall–Kier alpha value is -1.24. The fourth-order valence-corrected chi connectivity index (χ4v) is 2.19. The van der Waals surface area contributed by atoms with Crippen molar-refractivity contribution in [3.05, 3.63) is 28.8 Å². The van der Waals surface area contributed by atoms with Crippen LogP contribution in [0.4, 0.5) is 0 Å². The van der Waals surface area contributed by atoms with Crippen LogP contribution in [0.3, 0.4) is 0 Å². The van der Waals surface area contributed by atoms with Gasteiger partial charge in [0, 0.05) is 12.1 Å². The highest BCUT2D eigenvalue weighted by atomic mass is 35.5. The number of nitrogens with zero attached hydrogens (tertiary/aromatic N) is 1. The Kier molecular flexibility index (Phi) is 6.84. The van der Waals surface area contributed by atoms with Crippen LogP contribution in [0.2, 0.25) is 5.02 Å². The fourth-order valence-electron chi connectivity index (χ4n) is 1.94. The van der Waals surface area contributed by atoms with Crippen molar-refractivity contribution in [3.63, 3.8) is 0 Å². The number of halogens is 1. The molecule has 0 saturated heterocycles. The van der Waals surface area contributed by atoms with Crippen LogP contribution in [0.25, 0.3) is 0 Å². The van der Waals surface area contributed by atoms with E-state index < -0.39 is 0 Å². The van der Waals surface area contributed by atoms with Crippen LogP contribution >= 0.6 is 11.6 Å². The van der Waals surface area contributed by atoms with E-state index in [-0.39, 0.29) is 5.41 Å². The summed E-state index contributed by atoms with van der Waals surface area (Å²) in [5.74, 6) is 0.767. The number of hydrogen-bond acceptors (Lipinski definition) is 3. The number of rotatable bonds is 8. The highest BCUT2D eigenvalue weighted by Gasteiger charge is 2.15. The molecule has 0 saturated carbocycles. The van der Waals surface area contributed by atoms with Gasteiger partial charge >= 0.3 is 0 Å². The van der Waals surface area contributed by atoms with E-state index >= 15 is 0 Å². The molecule has 0 unspecified atom stereocenters. The van der Waals surface area contributed by atoms with Crippen LogP contribution in [0.1, 0.15) is 38.7 Å². The lowest BCUT2D eigenvalue weighted by Crippen LogP contribution is -2.10. The van der Waals surface area contributed by atoms with E-state index in [1.807, 2.05) is 39.1 Å². The second kappa shape index (κ2) is 8.14. The maximum absolute atomic E-state index is 8.95. The summed E-state index contributed by atoms with van der Waals surface area (Å²) < 4.78 is 5.81. The number of hydrogen-bond donors (Lipinski definition) is 1. The normalized spacial score (nSPS) is 11.2. The first kappa shape index (κ1) is 16.8. The van der Waals surface area contributed by atoms with Crippen molar-refractivity contribution in [3.8, 4) is 11.8 Å². The molecule has 0 heterocycles. The van der Waals surface area contributed by atoms with Crippen LogP contribution in [-0.4, -0.2) is 13.7 Å². The first-order valence-corrected chi connectivity index (χ1v) is 7.34. The van der Waals surface area contributed by atoms with E-state index in [2.05, 4.69) is 11.4 Å². The van der Waals surface area contributed by atoms with Crippen molar-refractivity contribution in [2.24, 2.45) is 5.41 Å². The number of para-hydroxylation sites is 1. The molecule has 0 aliphatic carbocycles. The third-order valence-electron chi connectivity index (χ3n) is 3.16. The fraction of sp³-hybridized carbons (Fsp3) is 0.562. The smallest absolute Gasteiger partial charge is 0.142 e. The van der Waals surface area contributed by atoms with Crippen molar-refractivity contribution in [2.45, 2.75) is 39.7 Å². The first-order valence-electron chi connectivity index (χ1n) is 6.96. The zero-order valence-electron chi connectivity index (χ0n) is 12.5. The molecule has 4 heteroatoms. The Morgan fingerprint density at radius 2 is 2.10 bits per heavy atom. The maximum atomic E-state index is 8.95. The molecule has 20 heavy (non-hydrogen) atoms. The van der Waals surface area contributed by atoms with Crippen molar-refractivity contribution < 1.29 is 4.74 Å². The summed E-state index contributed by atoms with van der Waals surface area (Å²) in [5.41, 5.74) is 0.819. The van der Waals surface area contributed by atoms with Crippen molar-refractivity contribution in [1.82, 2.24) is 5.32 Å². The summed E-state index contributed by atoms with van der Waals surface area (Å²) in [6.45, 7) is 5.29. The quantitative estimate of drug-likeness (QED) is 0.732. The van der Waals surface area contributed by atoms with Gasteiger partial charge in [0.15, 0.2) is 0 Å². The molecular weight excluding hydrogens is 272 g/mol. The lowest BCUT2D eigenvalue weighted by atomic mass is 9.89. The Morgan fingerprint density at radius 3 is 2.75 bits per heavy atom. The van der Waals surface area contributed by atoms with Crippen LogP contribution in [0.15, 0.2) is 18.2 Å². The number of unbranched alkanes of at least 4 members (excludes halogenated alkanes) is 1. The second-order valence-corrected chi connectivity index (χ2v) is 5.97. The van der Waals surface area contributed by atoms with Gasteiger partial charge in [0.25, 0.3) is 0 Å². The number of nitriles is 1. The van der Waals surface area contributed by atoms with E-state index in [0.29, 0.717) is 11.6 Å². The predicted molar refractivity (Wildman–Crippen MR) is 83.0 cm³/mol. The molecule has 0 aromatic heterocycles. The first-order chi connectivity index (χ1) is 9.50. The third kappa shape index (κ3) is 5.40. The molecule has 0 fully saturated rings. The molecule has 1 N–H and O–H groups in total. The minimum Gasteiger partial charge on any atom is -0.492 e. The van der Waals surface area contributed by atoms with Gasteiger partial charge in [-0.25, -0.2) is 0 Å². The van der Waals surface area contributed by atoms with Gasteiger partial charge in [-0.15, -0.1) is 0 Å². The van der Waals surface area contributed by atoms with E-state index in [1.54, 1.807) is 0 Å². The molecule has 110 valence electrons. The number of benzene rings is 1. The largest absolute Gasteiger partial charge is 0.492 e. The molecular formula is C16H23ClN2O. The minimum absolute atomic E-state index is 0.248. The van der Waals surface area contributed by atoms with Crippen LogP contribution in [0, 0.1) is 16.7 Å². The summed E-state index contributed by atoms with van der Waals surface area (Å²) in [5, 5.41) is 12.7. The van der Waals surface area contributed by atoms with Crippen molar-refractivity contribution >= 4 is 11.6 Å². The molecule has 1 aromatic carbocycles. The zero-order valence-corrected chi connectivity index (χ0v) is 13.3. The summed E-state index contributed by atoms with van der Waals surface area (Å²) in [4.78, 5) is 0. The van der Waals surface area contributed by atoms with E-state index in [4.69, 9.17) is 21.6 Å². The lowest BCUT2D eigenvalue weighted by molar-refractivity contribution is 0.292. The van der Waals surface area contributed by atoms with Crippen LogP contribution in [-0.2, 0) is 6.54 Å². The molecule has 0 spiro atoms. The molecule has 3 nitrogen and oxygen atoms in total. The van der Waals surface area contributed by atoms with Gasteiger partial charge in [-0.1, -0.05) is 23.7 Å². The second-order valence-electron chi connectivity index (χ2n) is 5.56. The zero-order chi connectivity index (χ0) is 15.0. The average Bonchev–Trinajstić information content (AvgIpc) is 2.41. The highest BCUT2D eigenvalue weighted by molar-refractivity contribution is 6.32. The molecule has 0 amide bonds. The summed E-state index contributed by atoms with van der Waals surface area (Å²) in [6.07, 6.45) is 2.79. The monoisotopic (exact) mass is 294 g/mol. The van der Waals surface area contributed by atoms with Gasteiger partial charge in [0.2, 0.25) is 0 Å². The van der Waals surface area contributed by atoms with Gasteiger partial charge in [0.05, 0.1) is 23.1 Å². The summed E-state index contributed by atoms with van der Waals surface area (Å²) in [6, 6.07) is 8.10. The minimum atomic E-state index is -0.248. The van der Waals surface area contributed by atoms with Crippen molar-refractivity contribution in [2.75, 3.05) is 13.7 Å². The molecule has 1 rings (SSSR count). The molecule has 0 aliphatic rings. The average molecular weight is 295 g/mol. The van der Waals surface area contributed by atoms with Gasteiger partial charge < -0.3 is 10.1 Å². The Balaban J connectivity index is 2.44. The van der Waals surface area contributed by atoms with Gasteiger partial charge in [-0.05, 0) is 46.2 Å². The van der Waals surface area contributed by atoms with E-state index in [0.717, 1.165) is 37.1 Å². The van der Waals surface area contributed by atoms with Crippen LogP contribution < -0.4 is 10.1 Å². The Bertz CT molecular complexity index is 466. The molecule has 0 aliphatic heterocycles. The highest BCUT2D eigenvalue weighted by Crippen LogP contribution is 2.29. The molecule has 0 atom stereocenters. The number of nitrogens with one attached hydrogen (secondary N) is 1. The Morgan fingerprint density at radius 1 is 1.35 bits per heavy atom. The molecule has 0 bridgehead atoms.